The predicted octanol–water partition coefficient (Wildman–Crippen LogP) is 1.90. The first kappa shape index (κ1) is 13.0. The summed E-state index contributed by atoms with van der Waals surface area (Å²) in [5.74, 6) is 1.13. The Morgan fingerprint density at radius 2 is 2.12 bits per heavy atom. The van der Waals surface area contributed by atoms with Gasteiger partial charge >= 0.3 is 0 Å². The van der Waals surface area contributed by atoms with Crippen molar-refractivity contribution in [1.82, 2.24) is 0 Å². The minimum atomic E-state index is 0.0531. The third kappa shape index (κ3) is 2.95. The molecule has 0 atom stereocenters. The van der Waals surface area contributed by atoms with Crippen LogP contribution >= 0.6 is 12.2 Å². The maximum absolute atomic E-state index is 8.89. The molecule has 0 unspecified atom stereocenters. The number of rotatable bonds is 4. The Balaban J connectivity index is 3.32. The number of methoxy groups -OCH3 is 2. The second-order valence-electron chi connectivity index (χ2n) is 3.12. The summed E-state index contributed by atoms with van der Waals surface area (Å²) < 4.78 is 10.4. The first-order chi connectivity index (χ1) is 8.13. The van der Waals surface area contributed by atoms with Crippen LogP contribution in [0, 0.1) is 11.3 Å². The molecule has 0 heterocycles. The molecule has 88 valence electrons. The topological polar surface area (TPSA) is 68.3 Å². The number of thiocarbonyl (C=S) groups is 1. The summed E-state index contributed by atoms with van der Waals surface area (Å²) in [6.07, 6.45) is 1.57. The van der Waals surface area contributed by atoms with Crippen molar-refractivity contribution in [1.29, 1.82) is 5.26 Å². The molecule has 0 aliphatic carbocycles. The van der Waals surface area contributed by atoms with Gasteiger partial charge in [-0.05, 0) is 12.1 Å². The summed E-state index contributed by atoms with van der Waals surface area (Å²) in [5.41, 5.74) is 6.34. The molecule has 0 aliphatic heterocycles. The van der Waals surface area contributed by atoms with Crippen LogP contribution in [0.3, 0.4) is 0 Å². The lowest BCUT2D eigenvalue weighted by atomic mass is 10.1. The van der Waals surface area contributed by atoms with E-state index < -0.39 is 0 Å². The van der Waals surface area contributed by atoms with Crippen molar-refractivity contribution >= 4 is 23.3 Å². The fraction of sp³-hybridized carbons (Fsp3) is 0.167. The second-order valence-corrected chi connectivity index (χ2v) is 3.56. The average molecular weight is 248 g/mol. The fourth-order valence-electron chi connectivity index (χ4n) is 1.34. The van der Waals surface area contributed by atoms with Crippen LogP contribution in [0.2, 0.25) is 0 Å². The van der Waals surface area contributed by atoms with Crippen LogP contribution in [0.4, 0.5) is 0 Å². The second kappa shape index (κ2) is 5.87. The van der Waals surface area contributed by atoms with Crippen molar-refractivity contribution in [3.8, 4) is 17.6 Å². The molecule has 1 rings (SSSR count). The van der Waals surface area contributed by atoms with E-state index >= 15 is 0 Å². The first-order valence-corrected chi connectivity index (χ1v) is 5.17. The zero-order valence-corrected chi connectivity index (χ0v) is 10.4. The predicted molar refractivity (Wildman–Crippen MR) is 69.9 cm³/mol. The zero-order chi connectivity index (χ0) is 12.8. The molecule has 0 aliphatic rings. The molecule has 5 heteroatoms. The summed E-state index contributed by atoms with van der Waals surface area (Å²) in [6, 6.07) is 7.29. The van der Waals surface area contributed by atoms with E-state index in [1.54, 1.807) is 31.4 Å². The molecule has 1 aromatic rings. The van der Waals surface area contributed by atoms with Gasteiger partial charge in [-0.1, -0.05) is 24.4 Å². The van der Waals surface area contributed by atoms with E-state index in [-0.39, 0.29) is 10.6 Å². The van der Waals surface area contributed by atoms with Crippen LogP contribution in [0.1, 0.15) is 5.56 Å². The summed E-state index contributed by atoms with van der Waals surface area (Å²) in [7, 11) is 3.08. The van der Waals surface area contributed by atoms with Crippen LogP contribution in [0.5, 0.6) is 11.5 Å². The van der Waals surface area contributed by atoms with E-state index in [1.807, 2.05) is 6.07 Å². The highest BCUT2D eigenvalue weighted by Crippen LogP contribution is 2.32. The lowest BCUT2D eigenvalue weighted by molar-refractivity contribution is 0.354. The molecular formula is C12H12N2O2S. The van der Waals surface area contributed by atoms with Gasteiger partial charge in [-0.25, -0.2) is 0 Å². The zero-order valence-electron chi connectivity index (χ0n) is 9.56. The highest BCUT2D eigenvalue weighted by molar-refractivity contribution is 7.80. The number of ether oxygens (including phenoxy) is 2. The van der Waals surface area contributed by atoms with Crippen molar-refractivity contribution in [2.45, 2.75) is 0 Å². The van der Waals surface area contributed by atoms with Gasteiger partial charge in [0, 0.05) is 5.56 Å². The minimum Gasteiger partial charge on any atom is -0.493 e. The summed E-state index contributed by atoms with van der Waals surface area (Å²) in [5, 5.41) is 8.89. The monoisotopic (exact) mass is 248 g/mol. The largest absolute Gasteiger partial charge is 0.493 e. The highest BCUT2D eigenvalue weighted by Gasteiger charge is 2.09. The molecule has 0 saturated carbocycles. The van der Waals surface area contributed by atoms with E-state index in [1.165, 1.54) is 7.11 Å². The number of benzene rings is 1. The van der Waals surface area contributed by atoms with E-state index in [0.29, 0.717) is 17.1 Å². The van der Waals surface area contributed by atoms with E-state index in [9.17, 15) is 0 Å². The van der Waals surface area contributed by atoms with Crippen LogP contribution in [0.15, 0.2) is 23.8 Å². The number of nitrogens with zero attached hydrogens (tertiary/aromatic N) is 1. The third-order valence-corrected chi connectivity index (χ3v) is 2.34. The van der Waals surface area contributed by atoms with E-state index in [4.69, 9.17) is 32.7 Å². The Labute approximate surface area is 105 Å². The lowest BCUT2D eigenvalue weighted by Crippen LogP contribution is -2.09. The Hall–Kier alpha value is -2.06. The molecule has 0 saturated heterocycles. The molecule has 0 aromatic heterocycles. The number of nitrogens with two attached hydrogens (primary N) is 1. The van der Waals surface area contributed by atoms with Gasteiger partial charge in [0.05, 0.1) is 19.8 Å². The Bertz CT molecular complexity index is 504. The lowest BCUT2D eigenvalue weighted by Gasteiger charge is -2.10. The first-order valence-electron chi connectivity index (χ1n) is 4.76. The maximum atomic E-state index is 8.89. The van der Waals surface area contributed by atoms with E-state index in [2.05, 4.69) is 0 Å². The third-order valence-electron chi connectivity index (χ3n) is 2.12. The summed E-state index contributed by atoms with van der Waals surface area (Å²) >= 11 is 4.77. The number of hydrogen-bond acceptors (Lipinski definition) is 4. The number of hydrogen-bond donors (Lipinski definition) is 1. The number of para-hydroxylation sites is 1. The van der Waals surface area contributed by atoms with Gasteiger partial charge in [0.2, 0.25) is 0 Å². The molecular weight excluding hydrogens is 236 g/mol. The molecule has 0 radical (unpaired) electrons. The van der Waals surface area contributed by atoms with Crippen LogP contribution in [-0.2, 0) is 0 Å². The Morgan fingerprint density at radius 1 is 1.41 bits per heavy atom. The van der Waals surface area contributed by atoms with Gasteiger partial charge in [-0.3, -0.25) is 0 Å². The fourth-order valence-corrected chi connectivity index (χ4v) is 1.44. The van der Waals surface area contributed by atoms with Crippen molar-refractivity contribution in [3.05, 3.63) is 29.3 Å². The Kier molecular flexibility index (Phi) is 4.49. The smallest absolute Gasteiger partial charge is 0.167 e. The van der Waals surface area contributed by atoms with Crippen molar-refractivity contribution in [2.75, 3.05) is 14.2 Å². The normalized spacial score (nSPS) is 10.5. The van der Waals surface area contributed by atoms with Crippen LogP contribution in [-0.4, -0.2) is 19.2 Å². The van der Waals surface area contributed by atoms with Gasteiger partial charge in [-0.2, -0.15) is 5.26 Å². The minimum absolute atomic E-state index is 0.0531. The molecule has 1 aromatic carbocycles. The standard InChI is InChI=1S/C12H12N2O2S/c1-15-10-5-3-4-8(11(10)16-2)6-9(7-13)12(14)17/h3-6H,1-2H3,(H2,14,17)/b9-6+. The Morgan fingerprint density at radius 3 is 2.59 bits per heavy atom. The van der Waals surface area contributed by atoms with Gasteiger partial charge in [0.25, 0.3) is 0 Å². The van der Waals surface area contributed by atoms with Crippen LogP contribution in [0.25, 0.3) is 6.08 Å². The van der Waals surface area contributed by atoms with Crippen molar-refractivity contribution in [3.63, 3.8) is 0 Å². The highest BCUT2D eigenvalue weighted by atomic mass is 32.1. The van der Waals surface area contributed by atoms with Crippen molar-refractivity contribution in [2.24, 2.45) is 5.73 Å². The van der Waals surface area contributed by atoms with Gasteiger partial charge in [-0.15, -0.1) is 0 Å². The number of nitriles is 1. The molecule has 0 spiro atoms. The maximum Gasteiger partial charge on any atom is 0.167 e. The van der Waals surface area contributed by atoms with Crippen molar-refractivity contribution < 1.29 is 9.47 Å². The molecule has 2 N–H and O–H groups in total. The molecule has 0 bridgehead atoms. The van der Waals surface area contributed by atoms with Gasteiger partial charge < -0.3 is 15.2 Å². The molecule has 0 fully saturated rings. The summed E-state index contributed by atoms with van der Waals surface area (Å²) in [6.45, 7) is 0. The molecule has 0 amide bonds. The SMILES string of the molecule is COc1cccc(/C=C(\C#N)C(N)=S)c1OC. The quantitative estimate of drug-likeness (QED) is 0.500. The average Bonchev–Trinajstić information content (AvgIpc) is 2.34. The molecule has 17 heavy (non-hydrogen) atoms. The van der Waals surface area contributed by atoms with E-state index in [0.717, 1.165) is 0 Å². The summed E-state index contributed by atoms with van der Waals surface area (Å²) in [4.78, 5) is 0.0531. The van der Waals surface area contributed by atoms with Gasteiger partial charge in [0.15, 0.2) is 11.5 Å². The van der Waals surface area contributed by atoms with Crippen LogP contribution < -0.4 is 15.2 Å². The molecule has 4 nitrogen and oxygen atoms in total. The van der Waals surface area contributed by atoms with Gasteiger partial charge in [0.1, 0.15) is 11.1 Å².